The van der Waals surface area contributed by atoms with Gasteiger partial charge in [-0.25, -0.2) is 10.2 Å². The number of aromatic nitrogens is 2. The molecule has 6 nitrogen and oxygen atoms in total. The highest BCUT2D eigenvalue weighted by molar-refractivity contribution is 7.98. The van der Waals surface area contributed by atoms with Crippen molar-refractivity contribution in [2.24, 2.45) is 5.10 Å². The van der Waals surface area contributed by atoms with E-state index in [1.165, 1.54) is 22.3 Å². The fraction of sp³-hybridized carbons (Fsp3) is 0.154. The second-order valence-corrected chi connectivity index (χ2v) is 8.98. The van der Waals surface area contributed by atoms with Crippen molar-refractivity contribution in [1.29, 1.82) is 0 Å². The van der Waals surface area contributed by atoms with Gasteiger partial charge in [0.1, 0.15) is 5.03 Å². The lowest BCUT2D eigenvalue weighted by Crippen LogP contribution is -2.40. The number of hydrogen-bond donors (Lipinski definition) is 2. The molecule has 33 heavy (non-hydrogen) atoms. The molecule has 1 aliphatic heterocycles. The number of nitrogens with one attached hydrogen (secondary N) is 2. The Hall–Kier alpha value is -3.55. The molecule has 0 saturated heterocycles. The van der Waals surface area contributed by atoms with E-state index in [2.05, 4.69) is 101 Å². The minimum Gasteiger partial charge on any atom is -0.266 e. The van der Waals surface area contributed by atoms with E-state index in [1.54, 1.807) is 11.8 Å². The third-order valence-corrected chi connectivity index (χ3v) is 6.77. The van der Waals surface area contributed by atoms with Gasteiger partial charge in [-0.15, -0.1) is 22.4 Å². The molecule has 1 aromatic heterocycles. The zero-order valence-corrected chi connectivity index (χ0v) is 19.5. The summed E-state index contributed by atoms with van der Waals surface area (Å²) in [7, 11) is 0. The maximum absolute atomic E-state index is 4.84. The van der Waals surface area contributed by atoms with Crippen LogP contribution in [0.5, 0.6) is 0 Å². The number of nitrogens with zero attached hydrogens (tertiary/aromatic N) is 4. The van der Waals surface area contributed by atoms with Crippen LogP contribution < -0.4 is 11.1 Å². The quantitative estimate of drug-likeness (QED) is 0.386. The first kappa shape index (κ1) is 21.3. The van der Waals surface area contributed by atoms with Crippen LogP contribution in [0.25, 0.3) is 5.69 Å². The van der Waals surface area contributed by atoms with Crippen molar-refractivity contribution in [1.82, 2.24) is 25.9 Å². The van der Waals surface area contributed by atoms with Crippen LogP contribution in [-0.2, 0) is 12.3 Å². The van der Waals surface area contributed by atoms with Crippen LogP contribution in [0.15, 0.2) is 95.2 Å². The molecule has 0 fully saturated rings. The van der Waals surface area contributed by atoms with Gasteiger partial charge in [0.15, 0.2) is 5.84 Å². The topological polar surface area (TPSA) is 57.5 Å². The zero-order valence-electron chi connectivity index (χ0n) is 18.7. The normalized spacial score (nSPS) is 13.2. The van der Waals surface area contributed by atoms with Gasteiger partial charge < -0.3 is 0 Å². The lowest BCUT2D eigenvalue weighted by atomic mass is 10.1. The molecule has 7 heteroatoms. The van der Waals surface area contributed by atoms with E-state index >= 15 is 0 Å². The molecule has 166 valence electrons. The largest absolute Gasteiger partial charge is 0.266 e. The molecule has 0 aliphatic carbocycles. The SMILES string of the molecule is Cc1cccc(C)c1-n1ncc(C2=NNNN2Cc2ccccc2)c1SCc1ccccc1. The third kappa shape index (κ3) is 4.51. The van der Waals surface area contributed by atoms with Gasteiger partial charge in [0.2, 0.25) is 0 Å². The fourth-order valence-corrected chi connectivity index (χ4v) is 5.05. The molecule has 0 spiro atoms. The Morgan fingerprint density at radius 3 is 2.18 bits per heavy atom. The highest BCUT2D eigenvalue weighted by Crippen LogP contribution is 2.32. The van der Waals surface area contributed by atoms with E-state index in [9.17, 15) is 0 Å². The molecular weight excluding hydrogens is 428 g/mol. The molecule has 4 aromatic rings. The second-order valence-electron chi connectivity index (χ2n) is 8.02. The van der Waals surface area contributed by atoms with Crippen LogP contribution in [0, 0.1) is 13.8 Å². The smallest absolute Gasteiger partial charge is 0.177 e. The van der Waals surface area contributed by atoms with Gasteiger partial charge in [0.25, 0.3) is 0 Å². The summed E-state index contributed by atoms with van der Waals surface area (Å²) >= 11 is 1.78. The average Bonchev–Trinajstić information content (AvgIpc) is 3.45. The number of benzene rings is 3. The standard InChI is InChI=1S/C26H26N6S/c1-19-10-9-11-20(2)24(19)32-26(33-18-22-14-7-4-8-15-22)23(16-27-32)25-28-29-30-31(25)17-21-12-5-3-6-13-21/h3-16,29-30H,17-18H2,1-2H3. The minimum absolute atomic E-state index is 0.685. The Kier molecular flexibility index (Phi) is 6.15. The van der Waals surface area contributed by atoms with Crippen LogP contribution in [0.3, 0.4) is 0 Å². The molecule has 0 saturated carbocycles. The van der Waals surface area contributed by atoms with Gasteiger partial charge in [-0.3, -0.25) is 5.01 Å². The maximum atomic E-state index is 4.84. The van der Waals surface area contributed by atoms with Crippen molar-refractivity contribution in [2.45, 2.75) is 31.2 Å². The summed E-state index contributed by atoms with van der Waals surface area (Å²) in [6.45, 7) is 4.95. The predicted molar refractivity (Wildman–Crippen MR) is 134 cm³/mol. The molecule has 2 heterocycles. The predicted octanol–water partition coefficient (Wildman–Crippen LogP) is 4.97. The number of thioether (sulfide) groups is 1. The van der Waals surface area contributed by atoms with Gasteiger partial charge in [-0.2, -0.15) is 5.10 Å². The summed E-state index contributed by atoms with van der Waals surface area (Å²) in [5.74, 6) is 1.67. The first-order valence-corrected chi connectivity index (χ1v) is 11.9. The van der Waals surface area contributed by atoms with Crippen molar-refractivity contribution in [3.63, 3.8) is 0 Å². The highest BCUT2D eigenvalue weighted by Gasteiger charge is 2.26. The highest BCUT2D eigenvalue weighted by atomic mass is 32.2. The summed E-state index contributed by atoms with van der Waals surface area (Å²) in [6, 6.07) is 27.2. The molecule has 0 unspecified atom stereocenters. The lowest BCUT2D eigenvalue weighted by molar-refractivity contribution is 0.288. The van der Waals surface area contributed by atoms with Crippen LogP contribution in [0.2, 0.25) is 0 Å². The van der Waals surface area contributed by atoms with E-state index in [1.807, 2.05) is 23.3 Å². The number of amidine groups is 1. The number of para-hydroxylation sites is 1. The summed E-state index contributed by atoms with van der Waals surface area (Å²) in [5.41, 5.74) is 13.1. The number of aryl methyl sites for hydroxylation is 2. The minimum atomic E-state index is 0.685. The molecule has 2 N–H and O–H groups in total. The van der Waals surface area contributed by atoms with Crippen LogP contribution in [0.1, 0.15) is 27.8 Å². The fourth-order valence-electron chi connectivity index (χ4n) is 3.99. The average molecular weight is 455 g/mol. The summed E-state index contributed by atoms with van der Waals surface area (Å²) in [6.07, 6.45) is 1.92. The van der Waals surface area contributed by atoms with Crippen molar-refractivity contribution >= 4 is 17.6 Å². The van der Waals surface area contributed by atoms with Gasteiger partial charge in [0, 0.05) is 5.75 Å². The molecule has 0 amide bonds. The number of hydrazine groups is 2. The number of hydrazone groups is 1. The maximum Gasteiger partial charge on any atom is 0.177 e. The van der Waals surface area contributed by atoms with Crippen LogP contribution >= 0.6 is 11.8 Å². The second kappa shape index (κ2) is 9.52. The Bertz CT molecular complexity index is 1250. The molecular formula is C26H26N6S. The van der Waals surface area contributed by atoms with Crippen LogP contribution in [0.4, 0.5) is 0 Å². The first-order chi connectivity index (χ1) is 16.2. The van der Waals surface area contributed by atoms with E-state index in [0.29, 0.717) is 6.54 Å². The summed E-state index contributed by atoms with van der Waals surface area (Å²) in [5, 5.41) is 12.5. The zero-order chi connectivity index (χ0) is 22.6. The van der Waals surface area contributed by atoms with Gasteiger partial charge in [-0.1, -0.05) is 78.9 Å². The lowest BCUT2D eigenvalue weighted by Gasteiger charge is -2.20. The Morgan fingerprint density at radius 2 is 1.48 bits per heavy atom. The van der Waals surface area contributed by atoms with Gasteiger partial charge >= 0.3 is 0 Å². The monoisotopic (exact) mass is 454 g/mol. The van der Waals surface area contributed by atoms with Crippen molar-refractivity contribution in [3.05, 3.63) is 113 Å². The summed E-state index contributed by atoms with van der Waals surface area (Å²) in [4.78, 5) is 0. The number of hydrogen-bond acceptors (Lipinski definition) is 6. The van der Waals surface area contributed by atoms with E-state index < -0.39 is 0 Å². The Labute approximate surface area is 198 Å². The van der Waals surface area contributed by atoms with Gasteiger partial charge in [0.05, 0.1) is 24.0 Å². The Morgan fingerprint density at radius 1 is 0.818 bits per heavy atom. The van der Waals surface area contributed by atoms with Crippen molar-refractivity contribution in [3.8, 4) is 5.69 Å². The molecule has 1 aliphatic rings. The molecule has 0 radical (unpaired) electrons. The molecule has 3 aromatic carbocycles. The van der Waals surface area contributed by atoms with E-state index in [0.717, 1.165) is 27.9 Å². The van der Waals surface area contributed by atoms with Crippen molar-refractivity contribution < 1.29 is 0 Å². The molecule has 0 bridgehead atoms. The van der Waals surface area contributed by atoms with E-state index in [-0.39, 0.29) is 0 Å². The number of rotatable bonds is 7. The van der Waals surface area contributed by atoms with Crippen molar-refractivity contribution in [2.75, 3.05) is 0 Å². The first-order valence-electron chi connectivity index (χ1n) is 10.9. The summed E-state index contributed by atoms with van der Waals surface area (Å²) < 4.78 is 2.06. The van der Waals surface area contributed by atoms with E-state index in [4.69, 9.17) is 5.10 Å². The third-order valence-electron chi connectivity index (χ3n) is 5.62. The molecule has 0 atom stereocenters. The van der Waals surface area contributed by atoms with Gasteiger partial charge in [-0.05, 0) is 36.1 Å². The molecule has 5 rings (SSSR count). The Balaban J connectivity index is 1.53. The van der Waals surface area contributed by atoms with Crippen LogP contribution in [-0.4, -0.2) is 20.6 Å².